The average molecular weight is 473 g/mol. The molecule has 1 aromatic heterocycles. The number of morpholine rings is 1. The average Bonchev–Trinajstić information content (AvgIpc) is 3.33. The molecule has 1 aliphatic heterocycles. The van der Waals surface area contributed by atoms with Gasteiger partial charge in [-0.2, -0.15) is 4.31 Å². The number of ether oxygens (including phenoxy) is 2. The first-order valence-electron chi connectivity index (χ1n) is 10.4. The molecule has 33 heavy (non-hydrogen) atoms. The molecule has 1 aliphatic rings. The Morgan fingerprint density at radius 3 is 2.61 bits per heavy atom. The van der Waals surface area contributed by atoms with Gasteiger partial charge >= 0.3 is 0 Å². The van der Waals surface area contributed by atoms with Crippen molar-refractivity contribution in [1.82, 2.24) is 14.5 Å². The second kappa shape index (κ2) is 10.1. The molecule has 3 aromatic rings. The minimum atomic E-state index is -3.80. The molecule has 0 spiro atoms. The van der Waals surface area contributed by atoms with E-state index in [1.165, 1.54) is 23.5 Å². The van der Waals surface area contributed by atoms with E-state index in [4.69, 9.17) is 13.9 Å². The predicted octanol–water partition coefficient (Wildman–Crippen LogP) is 2.34. The van der Waals surface area contributed by atoms with Gasteiger partial charge in [0.25, 0.3) is 0 Å². The van der Waals surface area contributed by atoms with Gasteiger partial charge in [0.15, 0.2) is 0 Å². The number of rotatable bonds is 8. The summed E-state index contributed by atoms with van der Waals surface area (Å²) >= 11 is 0. The molecule has 0 saturated carbocycles. The highest BCUT2D eigenvalue weighted by Crippen LogP contribution is 2.30. The molecule has 11 heteroatoms. The van der Waals surface area contributed by atoms with Gasteiger partial charge in [-0.05, 0) is 30.3 Å². The fourth-order valence-corrected chi connectivity index (χ4v) is 4.97. The molecule has 1 saturated heterocycles. The van der Waals surface area contributed by atoms with Crippen molar-refractivity contribution in [2.75, 3.05) is 38.7 Å². The minimum absolute atomic E-state index is 0.00546. The predicted molar refractivity (Wildman–Crippen MR) is 119 cm³/mol. The van der Waals surface area contributed by atoms with Crippen LogP contribution < -0.4 is 10.1 Å². The Kier molecular flexibility index (Phi) is 7.02. The third-order valence-electron chi connectivity index (χ3n) is 5.09. The summed E-state index contributed by atoms with van der Waals surface area (Å²) in [5, 5.41) is 10.7. The summed E-state index contributed by atoms with van der Waals surface area (Å²) in [6.07, 6.45) is 0.342. The topological polar surface area (TPSA) is 124 Å². The number of amides is 1. The standard InChI is InChI=1S/C22H24N4O6S/c1-30-18-8-7-17(15-19(18)33(28,29)26-11-13-31-14-12-26)23-20(27)9-10-21-24-25-22(32-21)16-5-3-2-4-6-16/h2-8,15H,9-14H2,1H3,(H,23,27). The van der Waals surface area contributed by atoms with Crippen molar-refractivity contribution in [3.8, 4) is 17.2 Å². The quantitative estimate of drug-likeness (QED) is 0.530. The van der Waals surface area contributed by atoms with Gasteiger partial charge < -0.3 is 19.2 Å². The molecule has 0 aliphatic carbocycles. The van der Waals surface area contributed by atoms with Crippen molar-refractivity contribution in [2.24, 2.45) is 0 Å². The summed E-state index contributed by atoms with van der Waals surface area (Å²) < 4.78 is 43.6. The highest BCUT2D eigenvalue weighted by atomic mass is 32.2. The molecule has 1 fully saturated rings. The lowest BCUT2D eigenvalue weighted by molar-refractivity contribution is -0.116. The van der Waals surface area contributed by atoms with Crippen molar-refractivity contribution in [1.29, 1.82) is 0 Å². The van der Waals surface area contributed by atoms with E-state index in [9.17, 15) is 13.2 Å². The van der Waals surface area contributed by atoms with Crippen LogP contribution in [0.5, 0.6) is 5.75 Å². The summed E-state index contributed by atoms with van der Waals surface area (Å²) in [6, 6.07) is 13.9. The number of sulfonamides is 1. The lowest BCUT2D eigenvalue weighted by Gasteiger charge is -2.26. The Morgan fingerprint density at radius 2 is 1.88 bits per heavy atom. The number of hydrogen-bond donors (Lipinski definition) is 1. The number of carbonyl (C=O) groups is 1. The van der Waals surface area contributed by atoms with Crippen LogP contribution in [0.1, 0.15) is 12.3 Å². The number of anilines is 1. The Morgan fingerprint density at radius 1 is 1.12 bits per heavy atom. The number of nitrogens with zero attached hydrogens (tertiary/aromatic N) is 3. The molecule has 0 bridgehead atoms. The van der Waals surface area contributed by atoms with Crippen LogP contribution in [0.4, 0.5) is 5.69 Å². The van der Waals surface area contributed by atoms with Crippen LogP contribution in [0.2, 0.25) is 0 Å². The molecule has 0 radical (unpaired) electrons. The van der Waals surface area contributed by atoms with E-state index in [2.05, 4.69) is 15.5 Å². The molecule has 2 aromatic carbocycles. The van der Waals surface area contributed by atoms with Crippen molar-refractivity contribution in [3.05, 3.63) is 54.4 Å². The maximum atomic E-state index is 13.1. The molecule has 4 rings (SSSR count). The number of hydrogen-bond acceptors (Lipinski definition) is 8. The second-order valence-electron chi connectivity index (χ2n) is 7.30. The van der Waals surface area contributed by atoms with E-state index < -0.39 is 10.0 Å². The summed E-state index contributed by atoms with van der Waals surface area (Å²) in [5.41, 5.74) is 1.15. The van der Waals surface area contributed by atoms with E-state index in [-0.39, 0.29) is 42.5 Å². The monoisotopic (exact) mass is 472 g/mol. The van der Waals surface area contributed by atoms with Gasteiger partial charge in [0.1, 0.15) is 10.6 Å². The van der Waals surface area contributed by atoms with Crippen molar-refractivity contribution >= 4 is 21.6 Å². The first kappa shape index (κ1) is 22.9. The summed E-state index contributed by atoms with van der Waals surface area (Å²) in [4.78, 5) is 12.5. The van der Waals surface area contributed by atoms with E-state index in [0.29, 0.717) is 30.7 Å². The van der Waals surface area contributed by atoms with Gasteiger partial charge in [-0.3, -0.25) is 4.79 Å². The molecule has 10 nitrogen and oxygen atoms in total. The lowest BCUT2D eigenvalue weighted by atomic mass is 10.2. The SMILES string of the molecule is COc1ccc(NC(=O)CCc2nnc(-c3ccccc3)o2)cc1S(=O)(=O)N1CCOCC1. The van der Waals surface area contributed by atoms with Crippen LogP contribution in [0.15, 0.2) is 57.8 Å². The van der Waals surface area contributed by atoms with E-state index in [1.807, 2.05) is 30.3 Å². The fourth-order valence-electron chi connectivity index (χ4n) is 3.38. The van der Waals surface area contributed by atoms with Gasteiger partial charge in [-0.1, -0.05) is 18.2 Å². The number of methoxy groups -OCH3 is 1. The van der Waals surface area contributed by atoms with Crippen molar-refractivity contribution in [2.45, 2.75) is 17.7 Å². The van der Waals surface area contributed by atoms with Crippen LogP contribution in [0.3, 0.4) is 0 Å². The lowest BCUT2D eigenvalue weighted by Crippen LogP contribution is -2.40. The van der Waals surface area contributed by atoms with Crippen LogP contribution in [-0.4, -0.2) is 62.2 Å². The van der Waals surface area contributed by atoms with Gasteiger partial charge in [-0.15, -0.1) is 10.2 Å². The summed E-state index contributed by atoms with van der Waals surface area (Å²) in [7, 11) is -2.40. The van der Waals surface area contributed by atoms with Gasteiger partial charge in [0, 0.05) is 37.2 Å². The molecule has 1 amide bonds. The van der Waals surface area contributed by atoms with Crippen LogP contribution in [0.25, 0.3) is 11.5 Å². The van der Waals surface area contributed by atoms with Crippen molar-refractivity contribution in [3.63, 3.8) is 0 Å². The maximum absolute atomic E-state index is 13.1. The molecule has 2 heterocycles. The van der Waals surface area contributed by atoms with E-state index in [0.717, 1.165) is 5.56 Å². The normalized spacial score (nSPS) is 14.7. The molecular weight excluding hydrogens is 448 g/mol. The Labute approximate surface area is 191 Å². The third kappa shape index (κ3) is 5.38. The zero-order chi connectivity index (χ0) is 23.3. The number of nitrogens with one attached hydrogen (secondary N) is 1. The number of aromatic nitrogens is 2. The third-order valence-corrected chi connectivity index (χ3v) is 7.01. The molecule has 174 valence electrons. The zero-order valence-corrected chi connectivity index (χ0v) is 18.9. The first-order valence-corrected chi connectivity index (χ1v) is 11.8. The second-order valence-corrected chi connectivity index (χ2v) is 9.20. The smallest absolute Gasteiger partial charge is 0.247 e. The molecular formula is C22H24N4O6S. The Hall–Kier alpha value is -3.28. The zero-order valence-electron chi connectivity index (χ0n) is 18.1. The highest BCUT2D eigenvalue weighted by molar-refractivity contribution is 7.89. The largest absolute Gasteiger partial charge is 0.495 e. The Bertz CT molecular complexity index is 1210. The van der Waals surface area contributed by atoms with Crippen molar-refractivity contribution < 1.29 is 27.1 Å². The van der Waals surface area contributed by atoms with Gasteiger partial charge in [0.2, 0.25) is 27.7 Å². The number of carbonyl (C=O) groups excluding carboxylic acids is 1. The van der Waals surface area contributed by atoms with E-state index in [1.54, 1.807) is 6.07 Å². The molecule has 1 N–H and O–H groups in total. The van der Waals surface area contributed by atoms with Crippen LogP contribution in [0, 0.1) is 0 Å². The van der Waals surface area contributed by atoms with E-state index >= 15 is 0 Å². The van der Waals surface area contributed by atoms with Crippen LogP contribution in [-0.2, 0) is 26.0 Å². The molecule has 0 atom stereocenters. The molecule has 0 unspecified atom stereocenters. The highest BCUT2D eigenvalue weighted by Gasteiger charge is 2.29. The number of benzene rings is 2. The Balaban J connectivity index is 1.42. The summed E-state index contributed by atoms with van der Waals surface area (Å²) in [6.45, 7) is 1.19. The fraction of sp³-hybridized carbons (Fsp3) is 0.318. The maximum Gasteiger partial charge on any atom is 0.247 e. The van der Waals surface area contributed by atoms with Crippen LogP contribution >= 0.6 is 0 Å². The number of aryl methyl sites for hydroxylation is 1. The van der Waals surface area contributed by atoms with Gasteiger partial charge in [0.05, 0.1) is 20.3 Å². The minimum Gasteiger partial charge on any atom is -0.495 e. The van der Waals surface area contributed by atoms with Gasteiger partial charge in [-0.25, -0.2) is 8.42 Å². The first-order chi connectivity index (χ1) is 16.0. The summed E-state index contributed by atoms with van der Waals surface area (Å²) in [5.74, 6) is 0.626.